The zero-order chi connectivity index (χ0) is 15.2. The van der Waals surface area contributed by atoms with Crippen molar-refractivity contribution in [2.24, 2.45) is 5.92 Å². The van der Waals surface area contributed by atoms with Crippen LogP contribution in [0.1, 0.15) is 19.3 Å². The van der Waals surface area contributed by atoms with E-state index < -0.39 is 0 Å². The summed E-state index contributed by atoms with van der Waals surface area (Å²) in [5.74, 6) is 0.540. The predicted molar refractivity (Wildman–Crippen MR) is 91.3 cm³/mol. The van der Waals surface area contributed by atoms with Gasteiger partial charge in [-0.3, -0.25) is 0 Å². The Balaban J connectivity index is 1.34. The lowest BCUT2D eigenvalue weighted by Crippen LogP contribution is -2.42. The number of nitrogens with zero attached hydrogens (tertiary/aromatic N) is 2. The topological polar surface area (TPSA) is 38.7 Å². The molecule has 0 saturated carbocycles. The first-order chi connectivity index (χ1) is 10.8. The van der Waals surface area contributed by atoms with E-state index in [4.69, 9.17) is 0 Å². The number of aliphatic hydroxyl groups excluding tert-OH is 1. The standard InChI is InChI=1S/C18H29N3O/c22-15-16-6-10-20(11-7-16)13-9-19-17-8-12-21(14-17)18-4-2-1-3-5-18/h1-5,16-17,19,22H,6-15H2/t17-/m1/s1. The van der Waals surface area contributed by atoms with Crippen LogP contribution in [-0.4, -0.2) is 61.9 Å². The molecule has 22 heavy (non-hydrogen) atoms. The van der Waals surface area contributed by atoms with Gasteiger partial charge in [-0.05, 0) is 50.4 Å². The van der Waals surface area contributed by atoms with Crippen LogP contribution in [0.2, 0.25) is 0 Å². The Morgan fingerprint density at radius 2 is 1.82 bits per heavy atom. The number of anilines is 1. The van der Waals surface area contributed by atoms with E-state index in [2.05, 4.69) is 45.4 Å². The van der Waals surface area contributed by atoms with Crippen molar-refractivity contribution in [3.63, 3.8) is 0 Å². The molecule has 1 atom stereocenters. The highest BCUT2D eigenvalue weighted by Gasteiger charge is 2.22. The summed E-state index contributed by atoms with van der Waals surface area (Å²) < 4.78 is 0. The van der Waals surface area contributed by atoms with E-state index in [1.54, 1.807) is 0 Å². The van der Waals surface area contributed by atoms with Crippen LogP contribution in [0.15, 0.2) is 30.3 Å². The van der Waals surface area contributed by atoms with Gasteiger partial charge >= 0.3 is 0 Å². The van der Waals surface area contributed by atoms with E-state index in [0.29, 0.717) is 18.6 Å². The summed E-state index contributed by atoms with van der Waals surface area (Å²) in [6.45, 7) is 7.15. The molecule has 2 heterocycles. The SMILES string of the molecule is OCC1CCN(CCN[C@@H]2CCN(c3ccccc3)C2)CC1. The second-order valence-electron chi connectivity index (χ2n) is 6.69. The van der Waals surface area contributed by atoms with Crippen molar-refractivity contribution in [2.75, 3.05) is 50.8 Å². The van der Waals surface area contributed by atoms with Crippen LogP contribution in [-0.2, 0) is 0 Å². The predicted octanol–water partition coefficient (Wildman–Crippen LogP) is 1.56. The second kappa shape index (κ2) is 7.95. The summed E-state index contributed by atoms with van der Waals surface area (Å²) in [5.41, 5.74) is 1.35. The summed E-state index contributed by atoms with van der Waals surface area (Å²) in [7, 11) is 0. The molecule has 2 aliphatic heterocycles. The van der Waals surface area contributed by atoms with Gasteiger partial charge < -0.3 is 20.2 Å². The second-order valence-corrected chi connectivity index (χ2v) is 6.69. The van der Waals surface area contributed by atoms with Gasteiger partial charge in [0.1, 0.15) is 0 Å². The lowest BCUT2D eigenvalue weighted by molar-refractivity contribution is 0.131. The first-order valence-corrected chi connectivity index (χ1v) is 8.72. The molecular weight excluding hydrogens is 274 g/mol. The lowest BCUT2D eigenvalue weighted by Gasteiger charge is -2.31. The van der Waals surface area contributed by atoms with Crippen molar-refractivity contribution >= 4 is 5.69 Å². The average Bonchev–Trinajstić information content (AvgIpc) is 3.05. The van der Waals surface area contributed by atoms with Gasteiger partial charge in [0.05, 0.1) is 0 Å². The number of hydrogen-bond acceptors (Lipinski definition) is 4. The summed E-state index contributed by atoms with van der Waals surface area (Å²) >= 11 is 0. The number of benzene rings is 1. The maximum absolute atomic E-state index is 9.18. The van der Waals surface area contributed by atoms with Crippen LogP contribution in [0.5, 0.6) is 0 Å². The third-order valence-electron chi connectivity index (χ3n) is 5.14. The van der Waals surface area contributed by atoms with E-state index in [1.165, 1.54) is 12.1 Å². The minimum absolute atomic E-state index is 0.365. The molecule has 1 aromatic carbocycles. The normalized spacial score (nSPS) is 24.0. The van der Waals surface area contributed by atoms with Crippen molar-refractivity contribution < 1.29 is 5.11 Å². The van der Waals surface area contributed by atoms with Gasteiger partial charge in [-0.25, -0.2) is 0 Å². The fourth-order valence-corrected chi connectivity index (χ4v) is 3.62. The number of likely N-dealkylation sites (tertiary alicyclic amines) is 1. The quantitative estimate of drug-likeness (QED) is 0.836. The van der Waals surface area contributed by atoms with Gasteiger partial charge in [0.25, 0.3) is 0 Å². The molecule has 0 amide bonds. The Labute approximate surface area is 134 Å². The minimum atomic E-state index is 0.365. The zero-order valence-electron chi connectivity index (χ0n) is 13.5. The van der Waals surface area contributed by atoms with E-state index in [9.17, 15) is 5.11 Å². The third-order valence-corrected chi connectivity index (χ3v) is 5.14. The van der Waals surface area contributed by atoms with Crippen LogP contribution in [0.4, 0.5) is 5.69 Å². The van der Waals surface area contributed by atoms with Crippen molar-refractivity contribution in [3.05, 3.63) is 30.3 Å². The number of rotatable bonds is 6. The molecule has 0 bridgehead atoms. The summed E-state index contributed by atoms with van der Waals surface area (Å²) in [5, 5.41) is 12.9. The summed E-state index contributed by atoms with van der Waals surface area (Å²) in [4.78, 5) is 5.01. The number of piperidine rings is 1. The third kappa shape index (κ3) is 4.22. The van der Waals surface area contributed by atoms with Crippen molar-refractivity contribution in [1.29, 1.82) is 0 Å². The number of nitrogens with one attached hydrogen (secondary N) is 1. The maximum Gasteiger partial charge on any atom is 0.0460 e. The number of aliphatic hydroxyl groups is 1. The molecule has 2 fully saturated rings. The van der Waals surface area contributed by atoms with Gasteiger partial charge in [0.2, 0.25) is 0 Å². The van der Waals surface area contributed by atoms with Crippen LogP contribution in [0.3, 0.4) is 0 Å². The molecule has 1 aromatic rings. The Bertz CT molecular complexity index is 431. The molecule has 0 radical (unpaired) electrons. The van der Waals surface area contributed by atoms with E-state index >= 15 is 0 Å². The van der Waals surface area contributed by atoms with Gasteiger partial charge in [0, 0.05) is 44.5 Å². The summed E-state index contributed by atoms with van der Waals surface area (Å²) in [6, 6.07) is 11.3. The van der Waals surface area contributed by atoms with Crippen molar-refractivity contribution in [2.45, 2.75) is 25.3 Å². The van der Waals surface area contributed by atoms with Crippen molar-refractivity contribution in [1.82, 2.24) is 10.2 Å². The van der Waals surface area contributed by atoms with Gasteiger partial charge in [-0.15, -0.1) is 0 Å². The Kier molecular flexibility index (Phi) is 5.70. The zero-order valence-corrected chi connectivity index (χ0v) is 13.5. The van der Waals surface area contributed by atoms with Crippen molar-refractivity contribution in [3.8, 4) is 0 Å². The van der Waals surface area contributed by atoms with Gasteiger partial charge in [-0.1, -0.05) is 18.2 Å². The van der Waals surface area contributed by atoms with Crippen LogP contribution in [0, 0.1) is 5.92 Å². The highest BCUT2D eigenvalue weighted by atomic mass is 16.3. The summed E-state index contributed by atoms with van der Waals surface area (Å²) in [6.07, 6.45) is 3.55. The monoisotopic (exact) mass is 303 g/mol. The highest BCUT2D eigenvalue weighted by Crippen LogP contribution is 2.20. The Morgan fingerprint density at radius 1 is 1.05 bits per heavy atom. The molecule has 4 nitrogen and oxygen atoms in total. The van der Waals surface area contributed by atoms with Gasteiger partial charge in [-0.2, -0.15) is 0 Å². The Morgan fingerprint density at radius 3 is 2.55 bits per heavy atom. The fourth-order valence-electron chi connectivity index (χ4n) is 3.62. The molecule has 122 valence electrons. The maximum atomic E-state index is 9.18. The minimum Gasteiger partial charge on any atom is -0.396 e. The largest absolute Gasteiger partial charge is 0.396 e. The molecule has 0 spiro atoms. The molecule has 3 rings (SSSR count). The molecule has 4 heteroatoms. The van der Waals surface area contributed by atoms with Crippen LogP contribution >= 0.6 is 0 Å². The number of para-hydroxylation sites is 1. The molecule has 0 aromatic heterocycles. The molecule has 0 unspecified atom stereocenters. The highest BCUT2D eigenvalue weighted by molar-refractivity contribution is 5.47. The number of hydrogen-bond donors (Lipinski definition) is 2. The van der Waals surface area contributed by atoms with E-state index in [-0.39, 0.29) is 0 Å². The average molecular weight is 303 g/mol. The van der Waals surface area contributed by atoms with E-state index in [0.717, 1.165) is 52.1 Å². The molecule has 2 aliphatic rings. The lowest BCUT2D eigenvalue weighted by atomic mass is 9.98. The first kappa shape index (κ1) is 15.8. The van der Waals surface area contributed by atoms with Crippen LogP contribution < -0.4 is 10.2 Å². The Hall–Kier alpha value is -1.10. The van der Waals surface area contributed by atoms with Crippen LogP contribution in [0.25, 0.3) is 0 Å². The molecule has 0 aliphatic carbocycles. The molecule has 2 saturated heterocycles. The molecule has 2 N–H and O–H groups in total. The fraction of sp³-hybridized carbons (Fsp3) is 0.667. The molecular formula is C18H29N3O. The van der Waals surface area contributed by atoms with E-state index in [1.807, 2.05) is 0 Å². The smallest absolute Gasteiger partial charge is 0.0460 e. The first-order valence-electron chi connectivity index (χ1n) is 8.72. The van der Waals surface area contributed by atoms with Gasteiger partial charge in [0.15, 0.2) is 0 Å².